The molecular formula is C18H19N3O2. The molecule has 0 aliphatic heterocycles. The van der Waals surface area contributed by atoms with Gasteiger partial charge in [-0.3, -0.25) is 4.98 Å². The first-order valence-electron chi connectivity index (χ1n) is 7.40. The number of para-hydroxylation sites is 1. The predicted octanol–water partition coefficient (Wildman–Crippen LogP) is 4.07. The van der Waals surface area contributed by atoms with Gasteiger partial charge in [-0.15, -0.1) is 0 Å². The number of benzene rings is 1. The van der Waals surface area contributed by atoms with Gasteiger partial charge >= 0.3 is 6.09 Å². The number of aromatic nitrogens is 2. The van der Waals surface area contributed by atoms with E-state index in [9.17, 15) is 4.79 Å². The third-order valence-electron chi connectivity index (χ3n) is 3.34. The van der Waals surface area contributed by atoms with E-state index in [4.69, 9.17) is 10.5 Å². The van der Waals surface area contributed by atoms with Gasteiger partial charge in [0.2, 0.25) is 0 Å². The van der Waals surface area contributed by atoms with Crippen LogP contribution >= 0.6 is 0 Å². The molecule has 2 N–H and O–H groups in total. The Bertz CT molecular complexity index is 875. The standard InChI is InChI=1S/C18H19N3O2/c1-18(2,3)23-17(22)21-15-7-5-4-6-12(15)9-16(21)13-8-14(19)11-20-10-13/h4-11H,19H2,1-3H3. The van der Waals surface area contributed by atoms with Gasteiger partial charge in [-0.05, 0) is 39.0 Å². The number of nitrogens with zero attached hydrogens (tertiary/aromatic N) is 2. The summed E-state index contributed by atoms with van der Waals surface area (Å²) in [5.74, 6) is 0. The number of pyridine rings is 1. The minimum Gasteiger partial charge on any atom is -0.443 e. The summed E-state index contributed by atoms with van der Waals surface area (Å²) < 4.78 is 7.12. The fourth-order valence-electron chi connectivity index (χ4n) is 2.47. The van der Waals surface area contributed by atoms with Crippen molar-refractivity contribution >= 4 is 22.7 Å². The van der Waals surface area contributed by atoms with E-state index in [2.05, 4.69) is 4.98 Å². The summed E-state index contributed by atoms with van der Waals surface area (Å²) in [6, 6.07) is 11.4. The van der Waals surface area contributed by atoms with Crippen molar-refractivity contribution in [2.24, 2.45) is 0 Å². The van der Waals surface area contributed by atoms with E-state index in [1.54, 1.807) is 23.0 Å². The predicted molar refractivity (Wildman–Crippen MR) is 91.2 cm³/mol. The zero-order chi connectivity index (χ0) is 16.6. The van der Waals surface area contributed by atoms with Gasteiger partial charge in [0.15, 0.2) is 0 Å². The van der Waals surface area contributed by atoms with E-state index >= 15 is 0 Å². The van der Waals surface area contributed by atoms with Crippen molar-refractivity contribution in [1.82, 2.24) is 9.55 Å². The van der Waals surface area contributed by atoms with Crippen molar-refractivity contribution in [3.63, 3.8) is 0 Å². The zero-order valence-corrected chi connectivity index (χ0v) is 13.4. The topological polar surface area (TPSA) is 70.1 Å². The molecule has 0 saturated carbocycles. The Kier molecular flexibility index (Phi) is 3.56. The molecule has 0 aliphatic carbocycles. The molecule has 0 spiro atoms. The number of nitrogens with two attached hydrogens (primary N) is 1. The first-order chi connectivity index (χ1) is 10.8. The summed E-state index contributed by atoms with van der Waals surface area (Å²) in [7, 11) is 0. The maximum atomic E-state index is 12.7. The highest BCUT2D eigenvalue weighted by molar-refractivity contribution is 5.96. The molecular weight excluding hydrogens is 290 g/mol. The fraction of sp³-hybridized carbons (Fsp3) is 0.222. The second-order valence-corrected chi connectivity index (χ2v) is 6.41. The van der Waals surface area contributed by atoms with E-state index in [-0.39, 0.29) is 0 Å². The number of carbonyl (C=O) groups excluding carboxylic acids is 1. The molecule has 2 aromatic heterocycles. The monoisotopic (exact) mass is 309 g/mol. The van der Waals surface area contributed by atoms with Crippen molar-refractivity contribution in [3.8, 4) is 11.3 Å². The fourth-order valence-corrected chi connectivity index (χ4v) is 2.47. The Labute approximate surface area is 134 Å². The summed E-state index contributed by atoms with van der Waals surface area (Å²) in [5, 5.41) is 0.954. The van der Waals surface area contributed by atoms with Crippen LogP contribution in [0.2, 0.25) is 0 Å². The van der Waals surface area contributed by atoms with E-state index in [1.807, 2.05) is 51.1 Å². The van der Waals surface area contributed by atoms with Crippen LogP contribution in [0.1, 0.15) is 20.8 Å². The molecule has 118 valence electrons. The molecule has 0 unspecified atom stereocenters. The maximum absolute atomic E-state index is 12.7. The van der Waals surface area contributed by atoms with Crippen molar-refractivity contribution in [2.75, 3.05) is 5.73 Å². The average Bonchev–Trinajstić information content (AvgIpc) is 2.85. The highest BCUT2D eigenvalue weighted by Crippen LogP contribution is 2.29. The Morgan fingerprint density at radius 1 is 1.17 bits per heavy atom. The molecule has 3 rings (SSSR count). The second kappa shape index (κ2) is 5.43. The van der Waals surface area contributed by atoms with Crippen LogP contribution in [0.5, 0.6) is 0 Å². The van der Waals surface area contributed by atoms with E-state index in [1.165, 1.54) is 0 Å². The van der Waals surface area contributed by atoms with Crippen molar-refractivity contribution < 1.29 is 9.53 Å². The molecule has 0 atom stereocenters. The van der Waals surface area contributed by atoms with Gasteiger partial charge in [0.1, 0.15) is 5.60 Å². The first kappa shape index (κ1) is 15.1. The highest BCUT2D eigenvalue weighted by Gasteiger charge is 2.22. The van der Waals surface area contributed by atoms with Crippen LogP contribution < -0.4 is 5.73 Å². The molecule has 0 fully saturated rings. The Morgan fingerprint density at radius 2 is 1.91 bits per heavy atom. The molecule has 0 radical (unpaired) electrons. The highest BCUT2D eigenvalue weighted by atomic mass is 16.6. The quantitative estimate of drug-likeness (QED) is 0.735. The third-order valence-corrected chi connectivity index (χ3v) is 3.34. The van der Waals surface area contributed by atoms with Crippen LogP contribution in [0.25, 0.3) is 22.2 Å². The van der Waals surface area contributed by atoms with Crippen LogP contribution in [-0.4, -0.2) is 21.2 Å². The lowest BCUT2D eigenvalue weighted by Gasteiger charge is -2.21. The van der Waals surface area contributed by atoms with Crippen LogP contribution in [0.3, 0.4) is 0 Å². The lowest BCUT2D eigenvalue weighted by atomic mass is 10.2. The Morgan fingerprint density at radius 3 is 2.61 bits per heavy atom. The average molecular weight is 309 g/mol. The number of nitrogen functional groups attached to an aromatic ring is 1. The minimum absolute atomic E-state index is 0.420. The first-order valence-corrected chi connectivity index (χ1v) is 7.40. The number of hydrogen-bond acceptors (Lipinski definition) is 4. The number of ether oxygens (including phenoxy) is 1. The summed E-state index contributed by atoms with van der Waals surface area (Å²) in [6.07, 6.45) is 2.84. The van der Waals surface area contributed by atoms with Gasteiger partial charge in [-0.25, -0.2) is 9.36 Å². The minimum atomic E-state index is -0.576. The number of carbonyl (C=O) groups is 1. The molecule has 0 bridgehead atoms. The number of hydrogen-bond donors (Lipinski definition) is 1. The van der Waals surface area contributed by atoms with Gasteiger partial charge in [0.05, 0.1) is 16.9 Å². The molecule has 5 nitrogen and oxygen atoms in total. The zero-order valence-electron chi connectivity index (χ0n) is 13.4. The van der Waals surface area contributed by atoms with Gasteiger partial charge < -0.3 is 10.5 Å². The van der Waals surface area contributed by atoms with Crippen molar-refractivity contribution in [2.45, 2.75) is 26.4 Å². The summed E-state index contributed by atoms with van der Waals surface area (Å²) >= 11 is 0. The lowest BCUT2D eigenvalue weighted by Crippen LogP contribution is -2.27. The molecule has 1 aromatic carbocycles. The molecule has 5 heteroatoms. The van der Waals surface area contributed by atoms with Gasteiger partial charge in [-0.1, -0.05) is 18.2 Å². The molecule has 0 amide bonds. The number of fused-ring (bicyclic) bond motifs is 1. The lowest BCUT2D eigenvalue weighted by molar-refractivity contribution is 0.0547. The molecule has 0 aliphatic rings. The smallest absolute Gasteiger partial charge is 0.419 e. The van der Waals surface area contributed by atoms with Crippen molar-refractivity contribution in [3.05, 3.63) is 48.8 Å². The normalized spacial score (nSPS) is 11.6. The largest absolute Gasteiger partial charge is 0.443 e. The van der Waals surface area contributed by atoms with Gasteiger partial charge in [0.25, 0.3) is 0 Å². The van der Waals surface area contributed by atoms with Crippen LogP contribution in [0.4, 0.5) is 10.5 Å². The SMILES string of the molecule is CC(C)(C)OC(=O)n1c(-c2cncc(N)c2)cc2ccccc21. The van der Waals surface area contributed by atoms with E-state index in [0.717, 1.165) is 16.5 Å². The van der Waals surface area contributed by atoms with Crippen LogP contribution in [0.15, 0.2) is 48.8 Å². The number of rotatable bonds is 1. The molecule has 2 heterocycles. The van der Waals surface area contributed by atoms with E-state index < -0.39 is 11.7 Å². The van der Waals surface area contributed by atoms with Crippen LogP contribution in [0, 0.1) is 0 Å². The van der Waals surface area contributed by atoms with Crippen molar-refractivity contribution in [1.29, 1.82) is 0 Å². The Balaban J connectivity index is 2.21. The molecule has 3 aromatic rings. The molecule has 23 heavy (non-hydrogen) atoms. The third kappa shape index (κ3) is 3.04. The van der Waals surface area contributed by atoms with E-state index in [0.29, 0.717) is 11.4 Å². The molecule has 0 saturated heterocycles. The summed E-state index contributed by atoms with van der Waals surface area (Å²) in [4.78, 5) is 16.8. The Hall–Kier alpha value is -2.82. The van der Waals surface area contributed by atoms with Gasteiger partial charge in [0, 0.05) is 23.3 Å². The summed E-state index contributed by atoms with van der Waals surface area (Å²) in [6.45, 7) is 5.54. The second-order valence-electron chi connectivity index (χ2n) is 6.41. The summed E-state index contributed by atoms with van der Waals surface area (Å²) in [5.41, 5.74) is 8.07. The van der Waals surface area contributed by atoms with Gasteiger partial charge in [-0.2, -0.15) is 0 Å². The number of anilines is 1. The maximum Gasteiger partial charge on any atom is 0.419 e. The van der Waals surface area contributed by atoms with Crippen LogP contribution in [-0.2, 0) is 4.74 Å².